The first-order valence-corrected chi connectivity index (χ1v) is 13.1. The number of aliphatic imine (C=N–C) groups is 1. The van der Waals surface area contributed by atoms with E-state index in [2.05, 4.69) is 48.9 Å². The molecule has 0 N–H and O–H groups in total. The summed E-state index contributed by atoms with van der Waals surface area (Å²) in [5, 5.41) is 15.4. The number of quaternary nitrogens is 1. The van der Waals surface area contributed by atoms with Crippen LogP contribution in [0, 0.1) is 11.1 Å². The lowest BCUT2D eigenvalue weighted by Crippen LogP contribution is -2.54. The summed E-state index contributed by atoms with van der Waals surface area (Å²) in [6, 6.07) is 28.0. The van der Waals surface area contributed by atoms with Crippen LogP contribution in [0.2, 0.25) is 0 Å². The van der Waals surface area contributed by atoms with Crippen molar-refractivity contribution in [1.29, 1.82) is 0 Å². The third kappa shape index (κ3) is 5.10. The molecule has 0 fully saturated rings. The molecule has 6 nitrogen and oxygen atoms in total. The van der Waals surface area contributed by atoms with Crippen LogP contribution in [0.3, 0.4) is 0 Å². The van der Waals surface area contributed by atoms with E-state index >= 15 is 0 Å². The van der Waals surface area contributed by atoms with Gasteiger partial charge in [0.05, 0.1) is 14.2 Å². The second-order valence-corrected chi connectivity index (χ2v) is 10.4. The summed E-state index contributed by atoms with van der Waals surface area (Å²) in [6.07, 6.45) is 2.70. The first kappa shape index (κ1) is 25.8. The number of hydrogen-bond acceptors (Lipinski definition) is 4. The summed E-state index contributed by atoms with van der Waals surface area (Å²) >= 11 is 0. The van der Waals surface area contributed by atoms with Crippen molar-refractivity contribution in [2.24, 2.45) is 10.9 Å². The molecule has 2 unspecified atom stereocenters. The van der Waals surface area contributed by atoms with E-state index in [-0.39, 0.29) is 5.92 Å². The zero-order chi connectivity index (χ0) is 26.7. The van der Waals surface area contributed by atoms with E-state index in [1.54, 1.807) is 14.2 Å². The van der Waals surface area contributed by atoms with Crippen LogP contribution in [0.15, 0.2) is 102 Å². The summed E-state index contributed by atoms with van der Waals surface area (Å²) in [6.45, 7) is 5.27. The van der Waals surface area contributed by atoms with E-state index in [1.807, 2.05) is 60.7 Å². The van der Waals surface area contributed by atoms with Gasteiger partial charge in [-0.2, -0.15) is 0 Å². The van der Waals surface area contributed by atoms with Crippen molar-refractivity contribution in [3.05, 3.63) is 119 Å². The summed E-state index contributed by atoms with van der Waals surface area (Å²) in [7, 11) is 3.21. The largest absolute Gasteiger partial charge is 0.625 e. The second kappa shape index (κ2) is 10.9. The van der Waals surface area contributed by atoms with Gasteiger partial charge in [0.2, 0.25) is 0 Å². The number of rotatable bonds is 8. The fourth-order valence-electron chi connectivity index (χ4n) is 5.20. The molecule has 6 heteroatoms. The molecule has 0 saturated carbocycles. The lowest BCUT2D eigenvalue weighted by atomic mass is 10.00. The Hall–Kier alpha value is -3.87. The molecule has 0 aliphatic carbocycles. The van der Waals surface area contributed by atoms with Crippen molar-refractivity contribution in [2.45, 2.75) is 39.5 Å². The molecular formula is C32H35N3O3. The third-order valence-electron chi connectivity index (χ3n) is 7.06. The van der Waals surface area contributed by atoms with E-state index in [1.165, 1.54) is 5.56 Å². The Balaban J connectivity index is 1.63. The quantitative estimate of drug-likeness (QED) is 0.191. The molecule has 0 radical (unpaired) electrons. The highest BCUT2D eigenvalue weighted by molar-refractivity contribution is 5.97. The van der Waals surface area contributed by atoms with Gasteiger partial charge in [0.25, 0.3) is 5.90 Å². The van der Waals surface area contributed by atoms with Crippen LogP contribution >= 0.6 is 0 Å². The molecule has 5 rings (SSSR count). The Morgan fingerprint density at radius 1 is 0.921 bits per heavy atom. The van der Waals surface area contributed by atoms with Gasteiger partial charge in [-0.15, -0.1) is 0 Å². The minimum atomic E-state index is -0.712. The monoisotopic (exact) mass is 509 g/mol. The van der Waals surface area contributed by atoms with Gasteiger partial charge in [-0.3, -0.25) is 4.65 Å². The van der Waals surface area contributed by atoms with Gasteiger partial charge in [-0.25, -0.2) is 4.99 Å². The van der Waals surface area contributed by atoms with Crippen LogP contribution in [-0.2, 0) is 22.6 Å². The highest BCUT2D eigenvalue weighted by Crippen LogP contribution is 2.39. The average molecular weight is 510 g/mol. The lowest BCUT2D eigenvalue weighted by molar-refractivity contribution is -0.855. The van der Waals surface area contributed by atoms with Crippen molar-refractivity contribution in [3.63, 3.8) is 0 Å². The van der Waals surface area contributed by atoms with Crippen molar-refractivity contribution in [2.75, 3.05) is 14.2 Å². The predicted molar refractivity (Wildman–Crippen MR) is 153 cm³/mol. The predicted octanol–water partition coefficient (Wildman–Crippen LogP) is 6.95. The van der Waals surface area contributed by atoms with Gasteiger partial charge in [0, 0.05) is 35.6 Å². The Labute approximate surface area is 224 Å². The molecule has 3 aromatic carbocycles. The molecule has 1 aliphatic heterocycles. The molecule has 0 spiro atoms. The Bertz CT molecular complexity index is 1450. The zero-order valence-electron chi connectivity index (χ0n) is 22.5. The summed E-state index contributed by atoms with van der Waals surface area (Å²) in [5.41, 5.74) is 4.68. The topological polar surface area (TPSA) is 58.8 Å². The number of aromatic nitrogens is 1. The molecular weight excluding hydrogens is 474 g/mol. The molecule has 2 atom stereocenters. The van der Waals surface area contributed by atoms with Crippen LogP contribution in [-0.4, -0.2) is 35.3 Å². The number of likely N-dealkylation sites (N-methyl/N-ethyl adjacent to an activating group) is 1. The highest BCUT2D eigenvalue weighted by atomic mass is 16.6. The number of hydrogen-bond donors (Lipinski definition) is 0. The van der Waals surface area contributed by atoms with Crippen LogP contribution < -0.4 is 0 Å². The van der Waals surface area contributed by atoms with Gasteiger partial charge in [0.15, 0.2) is 11.7 Å². The van der Waals surface area contributed by atoms with Crippen LogP contribution in [0.5, 0.6) is 0 Å². The van der Waals surface area contributed by atoms with E-state index in [0.717, 1.165) is 22.0 Å². The maximum absolute atomic E-state index is 14.4. The lowest BCUT2D eigenvalue weighted by Gasteiger charge is -2.47. The molecule has 38 heavy (non-hydrogen) atoms. The number of methoxy groups -OCH3 is 1. The zero-order valence-corrected chi connectivity index (χ0v) is 22.5. The second-order valence-electron chi connectivity index (χ2n) is 10.4. The normalized spacial score (nSPS) is 19.6. The van der Waals surface area contributed by atoms with E-state index in [9.17, 15) is 5.21 Å². The van der Waals surface area contributed by atoms with Crippen LogP contribution in [0.1, 0.15) is 37.0 Å². The molecule has 2 heterocycles. The number of para-hydroxylation sites is 1. The molecule has 1 aliphatic rings. The SMILES string of the molecule is COC1=C(c2cn(Cc3ccccc3)c3ccccc23)N=C(OCc2ccccc2)C(CC(C)C)[N+]1(C)[O-]. The summed E-state index contributed by atoms with van der Waals surface area (Å²) in [5.74, 6) is 1.03. The maximum atomic E-state index is 14.4. The summed E-state index contributed by atoms with van der Waals surface area (Å²) < 4.78 is 13.6. The van der Waals surface area contributed by atoms with Crippen LogP contribution in [0.25, 0.3) is 16.6 Å². The fraction of sp³-hybridized carbons (Fsp3) is 0.281. The van der Waals surface area contributed by atoms with E-state index < -0.39 is 10.7 Å². The first-order valence-electron chi connectivity index (χ1n) is 13.1. The van der Waals surface area contributed by atoms with Crippen molar-refractivity contribution >= 4 is 22.5 Å². The van der Waals surface area contributed by atoms with Crippen molar-refractivity contribution in [3.8, 4) is 0 Å². The third-order valence-corrected chi connectivity index (χ3v) is 7.06. The van der Waals surface area contributed by atoms with Crippen molar-refractivity contribution < 1.29 is 14.1 Å². The molecule has 0 amide bonds. The molecule has 0 saturated heterocycles. The van der Waals surface area contributed by atoms with Gasteiger partial charge in [-0.05, 0) is 23.1 Å². The van der Waals surface area contributed by atoms with E-state index in [0.29, 0.717) is 37.1 Å². The minimum absolute atomic E-state index is 0.282. The van der Waals surface area contributed by atoms with Gasteiger partial charge in [0.1, 0.15) is 6.61 Å². The molecule has 4 aromatic rings. The minimum Gasteiger partial charge on any atom is -0.625 e. The average Bonchev–Trinajstić information content (AvgIpc) is 3.28. The number of fused-ring (bicyclic) bond motifs is 1. The number of hydroxylamine groups is 3. The van der Waals surface area contributed by atoms with Crippen LogP contribution in [0.4, 0.5) is 0 Å². The number of nitrogens with zero attached hydrogens (tertiary/aromatic N) is 3. The molecule has 0 bridgehead atoms. The van der Waals surface area contributed by atoms with Gasteiger partial charge >= 0.3 is 5.88 Å². The van der Waals surface area contributed by atoms with E-state index in [4.69, 9.17) is 14.5 Å². The molecule has 196 valence electrons. The highest BCUT2D eigenvalue weighted by Gasteiger charge is 2.43. The maximum Gasteiger partial charge on any atom is 0.319 e. The molecule has 1 aromatic heterocycles. The first-order chi connectivity index (χ1) is 18.4. The number of benzene rings is 3. The summed E-state index contributed by atoms with van der Waals surface area (Å²) in [4.78, 5) is 5.04. The Morgan fingerprint density at radius 3 is 2.21 bits per heavy atom. The number of ether oxygens (including phenoxy) is 2. The fourth-order valence-corrected chi connectivity index (χ4v) is 5.20. The van der Waals surface area contributed by atoms with Crippen molar-refractivity contribution in [1.82, 2.24) is 4.57 Å². The van der Waals surface area contributed by atoms with Gasteiger partial charge < -0.3 is 19.2 Å². The van der Waals surface area contributed by atoms with Gasteiger partial charge in [-0.1, -0.05) is 92.7 Å². The smallest absolute Gasteiger partial charge is 0.319 e. The Kier molecular flexibility index (Phi) is 7.36. The standard InChI is InChI=1S/C32H35N3O3/c1-23(2)19-29-31(38-22-25-15-9-6-10-16-25)33-30(32(37-4)35(29,3)36)27-21-34(20-24-13-7-5-8-14-24)28-18-12-11-17-26(27)28/h5-18,21,23,29H,19-20,22H2,1-4H3. The Morgan fingerprint density at radius 2 is 1.55 bits per heavy atom.